The van der Waals surface area contributed by atoms with Crippen molar-refractivity contribution in [1.29, 1.82) is 0 Å². The van der Waals surface area contributed by atoms with Gasteiger partial charge in [-0.3, -0.25) is 0 Å². The predicted molar refractivity (Wildman–Crippen MR) is 58.3 cm³/mol. The van der Waals surface area contributed by atoms with Crippen LogP contribution in [0.3, 0.4) is 0 Å². The highest BCUT2D eigenvalue weighted by Gasteiger charge is 2.06. The molecule has 0 aliphatic rings. The quantitative estimate of drug-likeness (QED) is 0.737. The first-order valence-electron chi connectivity index (χ1n) is 4.55. The van der Waals surface area contributed by atoms with E-state index in [-0.39, 0.29) is 11.7 Å². The van der Waals surface area contributed by atoms with Crippen LogP contribution in [0.5, 0.6) is 5.75 Å². The Morgan fingerprint density at radius 2 is 2.07 bits per heavy atom. The lowest BCUT2D eigenvalue weighted by molar-refractivity contribution is 0.477. The van der Waals surface area contributed by atoms with Crippen LogP contribution < -0.4 is 5.73 Å². The average molecular weight is 201 g/mol. The number of aryl methyl sites for hydroxylation is 1. The summed E-state index contributed by atoms with van der Waals surface area (Å²) in [7, 11) is 0. The van der Waals surface area contributed by atoms with Gasteiger partial charge in [0, 0.05) is 11.8 Å². The summed E-state index contributed by atoms with van der Waals surface area (Å²) in [5, 5.41) is 9.68. The van der Waals surface area contributed by atoms with E-state index in [1.165, 1.54) is 0 Å². The number of aromatic nitrogens is 2. The number of anilines is 1. The highest BCUT2D eigenvalue weighted by atomic mass is 16.3. The zero-order chi connectivity index (χ0) is 10.8. The van der Waals surface area contributed by atoms with E-state index in [1.807, 2.05) is 19.1 Å². The van der Waals surface area contributed by atoms with Gasteiger partial charge in [0.15, 0.2) is 0 Å². The molecule has 0 unspecified atom stereocenters. The molecule has 0 amide bonds. The van der Waals surface area contributed by atoms with Crippen LogP contribution in [0.15, 0.2) is 30.5 Å². The molecule has 0 atom stereocenters. The maximum atomic E-state index is 9.68. The molecular weight excluding hydrogens is 190 g/mol. The minimum Gasteiger partial charge on any atom is -0.507 e. The van der Waals surface area contributed by atoms with E-state index in [2.05, 4.69) is 9.97 Å². The maximum Gasteiger partial charge on any atom is 0.220 e. The molecule has 1 aromatic carbocycles. The van der Waals surface area contributed by atoms with Gasteiger partial charge >= 0.3 is 0 Å². The lowest BCUT2D eigenvalue weighted by atomic mass is 10.1. The third-order valence-electron chi connectivity index (χ3n) is 2.10. The van der Waals surface area contributed by atoms with Crippen molar-refractivity contribution in [2.24, 2.45) is 0 Å². The Kier molecular flexibility index (Phi) is 2.25. The van der Waals surface area contributed by atoms with E-state index in [1.54, 1.807) is 18.3 Å². The molecule has 0 aliphatic heterocycles. The summed E-state index contributed by atoms with van der Waals surface area (Å²) in [6.07, 6.45) is 1.57. The molecule has 1 heterocycles. The van der Waals surface area contributed by atoms with Crippen LogP contribution >= 0.6 is 0 Å². The van der Waals surface area contributed by atoms with Gasteiger partial charge in [-0.15, -0.1) is 0 Å². The SMILES string of the molecule is Cc1ccc(O)c(-c2ccnc(N)n2)c1. The number of aromatic hydroxyl groups is 1. The first-order valence-corrected chi connectivity index (χ1v) is 4.55. The van der Waals surface area contributed by atoms with E-state index < -0.39 is 0 Å². The van der Waals surface area contributed by atoms with Crippen LogP contribution in [-0.4, -0.2) is 15.1 Å². The number of rotatable bonds is 1. The Labute approximate surface area is 87.4 Å². The number of nitrogen functional groups attached to an aromatic ring is 1. The number of phenolic OH excluding ortho intramolecular Hbond substituents is 1. The van der Waals surface area contributed by atoms with Gasteiger partial charge in [-0.05, 0) is 25.1 Å². The van der Waals surface area contributed by atoms with Gasteiger partial charge in [0.1, 0.15) is 5.75 Å². The minimum absolute atomic E-state index is 0.193. The molecule has 0 fully saturated rings. The number of nitrogens with zero attached hydrogens (tertiary/aromatic N) is 2. The Morgan fingerprint density at radius 1 is 1.27 bits per heavy atom. The van der Waals surface area contributed by atoms with Crippen molar-refractivity contribution in [2.75, 3.05) is 5.73 Å². The summed E-state index contributed by atoms with van der Waals surface area (Å²) in [5.74, 6) is 0.395. The maximum absolute atomic E-state index is 9.68. The van der Waals surface area contributed by atoms with E-state index in [9.17, 15) is 5.11 Å². The van der Waals surface area contributed by atoms with Crippen molar-refractivity contribution >= 4 is 5.95 Å². The van der Waals surface area contributed by atoms with Crippen molar-refractivity contribution in [3.63, 3.8) is 0 Å². The molecule has 0 saturated heterocycles. The van der Waals surface area contributed by atoms with Gasteiger partial charge in [-0.2, -0.15) is 0 Å². The molecule has 0 aliphatic carbocycles. The first-order chi connectivity index (χ1) is 7.16. The Balaban J connectivity index is 2.58. The number of benzene rings is 1. The normalized spacial score (nSPS) is 10.2. The third kappa shape index (κ3) is 1.88. The second-order valence-electron chi connectivity index (χ2n) is 3.32. The molecule has 0 spiro atoms. The lowest BCUT2D eigenvalue weighted by Crippen LogP contribution is -1.95. The Morgan fingerprint density at radius 3 is 2.80 bits per heavy atom. The highest BCUT2D eigenvalue weighted by Crippen LogP contribution is 2.28. The number of hydrogen-bond donors (Lipinski definition) is 2. The number of hydrogen-bond acceptors (Lipinski definition) is 4. The number of nitrogens with two attached hydrogens (primary N) is 1. The smallest absolute Gasteiger partial charge is 0.220 e. The van der Waals surface area contributed by atoms with Crippen LogP contribution in [0.4, 0.5) is 5.95 Å². The van der Waals surface area contributed by atoms with E-state index in [0.717, 1.165) is 5.56 Å². The molecule has 2 aromatic rings. The van der Waals surface area contributed by atoms with E-state index in [4.69, 9.17) is 5.73 Å². The van der Waals surface area contributed by atoms with Crippen molar-refractivity contribution in [3.05, 3.63) is 36.0 Å². The predicted octanol–water partition coefficient (Wildman–Crippen LogP) is 1.74. The van der Waals surface area contributed by atoms with Crippen LogP contribution in [0.2, 0.25) is 0 Å². The van der Waals surface area contributed by atoms with Crippen molar-refractivity contribution in [2.45, 2.75) is 6.92 Å². The summed E-state index contributed by atoms with van der Waals surface area (Å²) in [6.45, 7) is 1.95. The Bertz CT molecular complexity index is 497. The van der Waals surface area contributed by atoms with Crippen molar-refractivity contribution in [1.82, 2.24) is 9.97 Å². The molecule has 2 rings (SSSR count). The van der Waals surface area contributed by atoms with Crippen LogP contribution in [0.25, 0.3) is 11.3 Å². The zero-order valence-electron chi connectivity index (χ0n) is 8.31. The van der Waals surface area contributed by atoms with Gasteiger partial charge < -0.3 is 10.8 Å². The van der Waals surface area contributed by atoms with E-state index in [0.29, 0.717) is 11.3 Å². The van der Waals surface area contributed by atoms with E-state index >= 15 is 0 Å². The molecule has 3 N–H and O–H groups in total. The van der Waals surface area contributed by atoms with Crippen molar-refractivity contribution in [3.8, 4) is 17.0 Å². The molecule has 4 nitrogen and oxygen atoms in total. The Hall–Kier alpha value is -2.10. The third-order valence-corrected chi connectivity index (χ3v) is 2.10. The average Bonchev–Trinajstić information content (AvgIpc) is 2.22. The monoisotopic (exact) mass is 201 g/mol. The second kappa shape index (κ2) is 3.57. The van der Waals surface area contributed by atoms with Gasteiger partial charge in [-0.25, -0.2) is 9.97 Å². The fraction of sp³-hybridized carbons (Fsp3) is 0.0909. The molecule has 0 bridgehead atoms. The second-order valence-corrected chi connectivity index (χ2v) is 3.32. The molecule has 0 saturated carbocycles. The topological polar surface area (TPSA) is 72.0 Å². The molecular formula is C11H11N3O. The molecule has 0 radical (unpaired) electrons. The minimum atomic E-state index is 0.193. The van der Waals surface area contributed by atoms with Gasteiger partial charge in [-0.1, -0.05) is 11.6 Å². The molecule has 1 aromatic heterocycles. The highest BCUT2D eigenvalue weighted by molar-refractivity contribution is 5.67. The zero-order valence-corrected chi connectivity index (χ0v) is 8.31. The largest absolute Gasteiger partial charge is 0.507 e. The fourth-order valence-electron chi connectivity index (χ4n) is 1.38. The molecule has 15 heavy (non-hydrogen) atoms. The van der Waals surface area contributed by atoms with Crippen LogP contribution in [0.1, 0.15) is 5.56 Å². The van der Waals surface area contributed by atoms with Gasteiger partial charge in [0.25, 0.3) is 0 Å². The van der Waals surface area contributed by atoms with Crippen molar-refractivity contribution < 1.29 is 5.11 Å². The standard InChI is InChI=1S/C11H11N3O/c1-7-2-3-10(15)8(6-7)9-4-5-13-11(12)14-9/h2-6,15H,1H3,(H2,12,13,14). The first kappa shape index (κ1) is 9.45. The summed E-state index contributed by atoms with van der Waals surface area (Å²) in [5.41, 5.74) is 7.83. The molecule has 4 heteroatoms. The van der Waals surface area contributed by atoms with Gasteiger partial charge in [0.05, 0.1) is 5.69 Å². The number of phenols is 1. The lowest BCUT2D eigenvalue weighted by Gasteiger charge is -2.05. The van der Waals surface area contributed by atoms with Crippen LogP contribution in [0, 0.1) is 6.92 Å². The van der Waals surface area contributed by atoms with Gasteiger partial charge in [0.2, 0.25) is 5.95 Å². The summed E-state index contributed by atoms with van der Waals surface area (Å²) in [6, 6.07) is 7.05. The summed E-state index contributed by atoms with van der Waals surface area (Å²) < 4.78 is 0. The summed E-state index contributed by atoms with van der Waals surface area (Å²) >= 11 is 0. The summed E-state index contributed by atoms with van der Waals surface area (Å²) in [4.78, 5) is 7.85. The van der Waals surface area contributed by atoms with Crippen LogP contribution in [-0.2, 0) is 0 Å². The fourth-order valence-corrected chi connectivity index (χ4v) is 1.38. The molecule has 76 valence electrons.